The highest BCUT2D eigenvalue weighted by Gasteiger charge is 2.44. The Morgan fingerprint density at radius 3 is 2.86 bits per heavy atom. The largest absolute Gasteiger partial charge is 0.492 e. The van der Waals surface area contributed by atoms with E-state index in [-0.39, 0.29) is 6.61 Å². The smallest absolute Gasteiger partial charge is 0.313 e. The molecule has 110 valence electrons. The number of fused-ring (bicyclic) bond motifs is 1. The van der Waals surface area contributed by atoms with E-state index in [1.54, 1.807) is 11.3 Å². The molecule has 1 N–H and O–H groups in total. The summed E-state index contributed by atoms with van der Waals surface area (Å²) in [5.41, 5.74) is 1.01. The molecule has 2 aromatic rings. The van der Waals surface area contributed by atoms with Crippen molar-refractivity contribution in [1.82, 2.24) is 4.98 Å². The number of hydrogen-bond donors (Lipinski definition) is 1. The number of nitrogens with zero attached hydrogens (tertiary/aromatic N) is 1. The van der Waals surface area contributed by atoms with E-state index in [0.717, 1.165) is 26.9 Å². The summed E-state index contributed by atoms with van der Waals surface area (Å²) in [4.78, 5) is 17.5. The van der Waals surface area contributed by atoms with Crippen molar-refractivity contribution < 1.29 is 14.6 Å². The second-order valence-electron chi connectivity index (χ2n) is 5.58. The van der Waals surface area contributed by atoms with E-state index >= 15 is 0 Å². The molecule has 1 aliphatic heterocycles. The first kappa shape index (κ1) is 14.1. The SMILES string of the molecule is Cc1nc(CC2(C(=O)O)COc3ccccc3C2)sc1C. The quantitative estimate of drug-likeness (QED) is 0.947. The van der Waals surface area contributed by atoms with Crippen molar-refractivity contribution in [1.29, 1.82) is 0 Å². The molecule has 4 nitrogen and oxygen atoms in total. The normalized spacial score (nSPS) is 20.7. The van der Waals surface area contributed by atoms with Crippen molar-refractivity contribution in [2.75, 3.05) is 6.61 Å². The predicted octanol–water partition coefficient (Wildman–Crippen LogP) is 3.01. The van der Waals surface area contributed by atoms with Crippen LogP contribution >= 0.6 is 11.3 Å². The number of carboxylic acids is 1. The zero-order chi connectivity index (χ0) is 15.0. The number of rotatable bonds is 3. The second-order valence-corrected chi connectivity index (χ2v) is 6.87. The molecule has 0 amide bonds. The van der Waals surface area contributed by atoms with E-state index in [2.05, 4.69) is 4.98 Å². The summed E-state index contributed by atoms with van der Waals surface area (Å²) in [6.45, 7) is 4.16. The third-order valence-electron chi connectivity index (χ3n) is 4.02. The lowest BCUT2D eigenvalue weighted by molar-refractivity contribution is -0.151. The van der Waals surface area contributed by atoms with Gasteiger partial charge in [0.2, 0.25) is 0 Å². The van der Waals surface area contributed by atoms with Gasteiger partial charge in [0.15, 0.2) is 0 Å². The Balaban J connectivity index is 1.93. The second kappa shape index (κ2) is 5.15. The number of hydrogen-bond acceptors (Lipinski definition) is 4. The standard InChI is InChI=1S/C16H17NO3S/c1-10-11(2)21-14(17-10)8-16(15(18)19)7-12-5-3-4-6-13(12)20-9-16/h3-6H,7-9H2,1-2H3,(H,18,19). The fraction of sp³-hybridized carbons (Fsp3) is 0.375. The first-order valence-electron chi connectivity index (χ1n) is 6.87. The lowest BCUT2D eigenvalue weighted by Crippen LogP contribution is -2.43. The molecular formula is C16H17NO3S. The fourth-order valence-corrected chi connectivity index (χ4v) is 3.73. The van der Waals surface area contributed by atoms with Crippen molar-refractivity contribution in [3.05, 3.63) is 45.4 Å². The molecule has 3 rings (SSSR count). The molecule has 0 spiro atoms. The molecule has 0 aliphatic carbocycles. The first-order chi connectivity index (χ1) is 10.00. The van der Waals surface area contributed by atoms with Crippen LogP contribution in [-0.2, 0) is 17.6 Å². The zero-order valence-electron chi connectivity index (χ0n) is 12.0. The van der Waals surface area contributed by atoms with E-state index < -0.39 is 11.4 Å². The molecular weight excluding hydrogens is 286 g/mol. The average Bonchev–Trinajstić information content (AvgIpc) is 2.76. The van der Waals surface area contributed by atoms with Gasteiger partial charge < -0.3 is 9.84 Å². The van der Waals surface area contributed by atoms with Gasteiger partial charge in [0, 0.05) is 11.3 Å². The third kappa shape index (κ3) is 2.53. The minimum absolute atomic E-state index is 0.191. The first-order valence-corrected chi connectivity index (χ1v) is 7.69. The van der Waals surface area contributed by atoms with Crippen LogP contribution in [0.25, 0.3) is 0 Å². The summed E-state index contributed by atoms with van der Waals surface area (Å²) in [5.74, 6) is -0.0246. The van der Waals surface area contributed by atoms with Gasteiger partial charge in [0.25, 0.3) is 0 Å². The van der Waals surface area contributed by atoms with Crippen LogP contribution in [0, 0.1) is 19.3 Å². The number of aliphatic carboxylic acids is 1. The highest BCUT2D eigenvalue weighted by molar-refractivity contribution is 7.11. The van der Waals surface area contributed by atoms with E-state index in [0.29, 0.717) is 12.8 Å². The van der Waals surface area contributed by atoms with Crippen LogP contribution in [0.15, 0.2) is 24.3 Å². The maximum Gasteiger partial charge on any atom is 0.313 e. The fourth-order valence-electron chi connectivity index (χ4n) is 2.65. The highest BCUT2D eigenvalue weighted by Crippen LogP contribution is 2.38. The summed E-state index contributed by atoms with van der Waals surface area (Å²) < 4.78 is 5.71. The summed E-state index contributed by atoms with van der Waals surface area (Å²) in [6, 6.07) is 7.64. The number of carbonyl (C=O) groups is 1. The third-order valence-corrected chi connectivity index (χ3v) is 5.09. The van der Waals surface area contributed by atoms with Gasteiger partial charge in [0.1, 0.15) is 17.8 Å². The molecule has 0 saturated carbocycles. The van der Waals surface area contributed by atoms with Gasteiger partial charge in [-0.15, -0.1) is 11.3 Å². The van der Waals surface area contributed by atoms with Gasteiger partial charge in [-0.05, 0) is 31.9 Å². The number of aromatic nitrogens is 1. The Morgan fingerprint density at radius 1 is 1.43 bits per heavy atom. The molecule has 5 heteroatoms. The molecule has 2 heterocycles. The van der Waals surface area contributed by atoms with E-state index in [1.165, 1.54) is 0 Å². The molecule has 0 bridgehead atoms. The van der Waals surface area contributed by atoms with Crippen molar-refractivity contribution in [2.24, 2.45) is 5.41 Å². The van der Waals surface area contributed by atoms with Gasteiger partial charge in [-0.3, -0.25) is 4.79 Å². The summed E-state index contributed by atoms with van der Waals surface area (Å²) in [7, 11) is 0. The minimum atomic E-state index is -0.926. The number of benzene rings is 1. The van der Waals surface area contributed by atoms with E-state index in [9.17, 15) is 9.90 Å². The van der Waals surface area contributed by atoms with Crippen molar-refractivity contribution in [3.8, 4) is 5.75 Å². The topological polar surface area (TPSA) is 59.4 Å². The number of thiazole rings is 1. The van der Waals surface area contributed by atoms with Gasteiger partial charge in [-0.1, -0.05) is 18.2 Å². The van der Waals surface area contributed by atoms with E-state index in [1.807, 2.05) is 38.1 Å². The summed E-state index contributed by atoms with van der Waals surface area (Å²) in [5, 5.41) is 10.6. The molecule has 0 saturated heterocycles. The number of para-hydroxylation sites is 1. The lowest BCUT2D eigenvalue weighted by atomic mass is 9.78. The van der Waals surface area contributed by atoms with Crippen LogP contribution in [0.1, 0.15) is 21.1 Å². The van der Waals surface area contributed by atoms with Crippen LogP contribution < -0.4 is 4.74 Å². The molecule has 1 aliphatic rings. The molecule has 0 fully saturated rings. The van der Waals surface area contributed by atoms with Crippen molar-refractivity contribution in [2.45, 2.75) is 26.7 Å². The van der Waals surface area contributed by atoms with Gasteiger partial charge >= 0.3 is 5.97 Å². The zero-order valence-corrected chi connectivity index (χ0v) is 12.9. The van der Waals surface area contributed by atoms with Crippen molar-refractivity contribution >= 4 is 17.3 Å². The average molecular weight is 303 g/mol. The summed E-state index contributed by atoms with van der Waals surface area (Å²) >= 11 is 1.58. The van der Waals surface area contributed by atoms with E-state index in [4.69, 9.17) is 4.74 Å². The predicted molar refractivity (Wildman–Crippen MR) is 81.0 cm³/mol. The molecule has 0 radical (unpaired) electrons. The molecule has 21 heavy (non-hydrogen) atoms. The van der Waals surface area contributed by atoms with Crippen LogP contribution in [0.5, 0.6) is 5.75 Å². The Hall–Kier alpha value is -1.88. The Bertz CT molecular complexity index is 675. The maximum absolute atomic E-state index is 11.9. The number of aryl methyl sites for hydroxylation is 2. The maximum atomic E-state index is 11.9. The Labute approximate surface area is 127 Å². The van der Waals surface area contributed by atoms with Crippen LogP contribution in [-0.4, -0.2) is 22.7 Å². The highest BCUT2D eigenvalue weighted by atomic mass is 32.1. The van der Waals surface area contributed by atoms with Crippen LogP contribution in [0.4, 0.5) is 0 Å². The number of carboxylic acid groups (broad SMARTS) is 1. The monoisotopic (exact) mass is 303 g/mol. The Kier molecular flexibility index (Phi) is 3.45. The van der Waals surface area contributed by atoms with Crippen LogP contribution in [0.2, 0.25) is 0 Å². The summed E-state index contributed by atoms with van der Waals surface area (Å²) in [6.07, 6.45) is 0.895. The van der Waals surface area contributed by atoms with Crippen LogP contribution in [0.3, 0.4) is 0 Å². The van der Waals surface area contributed by atoms with Gasteiger partial charge in [0.05, 0.1) is 10.7 Å². The minimum Gasteiger partial charge on any atom is -0.492 e. The number of ether oxygens (including phenoxy) is 1. The molecule has 1 aromatic carbocycles. The molecule has 1 atom stereocenters. The van der Waals surface area contributed by atoms with Gasteiger partial charge in [-0.25, -0.2) is 4.98 Å². The molecule has 1 unspecified atom stereocenters. The Morgan fingerprint density at radius 2 is 2.19 bits per heavy atom. The van der Waals surface area contributed by atoms with Crippen molar-refractivity contribution in [3.63, 3.8) is 0 Å². The lowest BCUT2D eigenvalue weighted by Gasteiger charge is -2.33. The molecule has 1 aromatic heterocycles. The van der Waals surface area contributed by atoms with Gasteiger partial charge in [-0.2, -0.15) is 0 Å².